The van der Waals surface area contributed by atoms with Gasteiger partial charge in [-0.05, 0) is 18.2 Å². The molecule has 0 saturated carbocycles. The molecule has 0 unspecified atom stereocenters. The molecular formula is C14H16F2N2O2. The lowest BCUT2D eigenvalue weighted by Crippen LogP contribution is -2.48. The van der Waals surface area contributed by atoms with E-state index in [1.54, 1.807) is 17.0 Å². The van der Waals surface area contributed by atoms with Crippen molar-refractivity contribution in [2.24, 2.45) is 0 Å². The van der Waals surface area contributed by atoms with Gasteiger partial charge in [0.15, 0.2) is 0 Å². The number of hydrogen-bond donors (Lipinski definition) is 0. The zero-order chi connectivity index (χ0) is 14.5. The Hall–Kier alpha value is -2.11. The second-order valence-electron chi connectivity index (χ2n) is 4.39. The van der Waals surface area contributed by atoms with E-state index in [0.717, 1.165) is 5.69 Å². The lowest BCUT2D eigenvalue weighted by Gasteiger charge is -2.35. The van der Waals surface area contributed by atoms with Crippen molar-refractivity contribution in [2.45, 2.75) is 6.61 Å². The van der Waals surface area contributed by atoms with Crippen LogP contribution >= 0.6 is 0 Å². The summed E-state index contributed by atoms with van der Waals surface area (Å²) < 4.78 is 28.8. The van der Waals surface area contributed by atoms with Gasteiger partial charge in [-0.2, -0.15) is 8.78 Å². The van der Waals surface area contributed by atoms with Crippen molar-refractivity contribution < 1.29 is 18.3 Å². The molecule has 0 spiro atoms. The fraction of sp³-hybridized carbons (Fsp3) is 0.357. The fourth-order valence-electron chi connectivity index (χ4n) is 2.17. The molecule has 1 saturated heterocycles. The minimum atomic E-state index is -2.83. The van der Waals surface area contributed by atoms with Gasteiger partial charge >= 0.3 is 6.61 Å². The van der Waals surface area contributed by atoms with Crippen molar-refractivity contribution in [1.29, 1.82) is 0 Å². The first-order valence-corrected chi connectivity index (χ1v) is 6.31. The summed E-state index contributed by atoms with van der Waals surface area (Å²) in [4.78, 5) is 15.2. The summed E-state index contributed by atoms with van der Waals surface area (Å²) in [6.07, 6.45) is 1.30. The molecular weight excluding hydrogens is 266 g/mol. The number of hydrogen-bond acceptors (Lipinski definition) is 3. The first-order valence-electron chi connectivity index (χ1n) is 6.31. The highest BCUT2D eigenvalue weighted by Crippen LogP contribution is 2.23. The number of rotatable bonds is 4. The van der Waals surface area contributed by atoms with Gasteiger partial charge in [0.1, 0.15) is 5.75 Å². The number of carbonyl (C=O) groups is 1. The van der Waals surface area contributed by atoms with E-state index in [1.807, 2.05) is 11.0 Å². The Morgan fingerprint density at radius 1 is 1.30 bits per heavy atom. The van der Waals surface area contributed by atoms with E-state index >= 15 is 0 Å². The summed E-state index contributed by atoms with van der Waals surface area (Å²) in [5, 5.41) is 0. The van der Waals surface area contributed by atoms with E-state index < -0.39 is 6.61 Å². The maximum Gasteiger partial charge on any atom is 0.387 e. The van der Waals surface area contributed by atoms with E-state index in [9.17, 15) is 13.6 Å². The molecule has 6 heteroatoms. The van der Waals surface area contributed by atoms with Crippen molar-refractivity contribution in [2.75, 3.05) is 31.1 Å². The molecule has 1 aromatic carbocycles. The second kappa shape index (κ2) is 6.36. The number of alkyl halides is 2. The molecule has 0 N–H and O–H groups in total. The van der Waals surface area contributed by atoms with Crippen LogP contribution in [0, 0.1) is 0 Å². The van der Waals surface area contributed by atoms with E-state index in [4.69, 9.17) is 0 Å². The maximum atomic E-state index is 12.2. The lowest BCUT2D eigenvalue weighted by molar-refractivity contribution is -0.126. The summed E-state index contributed by atoms with van der Waals surface area (Å²) in [5.74, 6) is 0.0570. The monoisotopic (exact) mass is 282 g/mol. The van der Waals surface area contributed by atoms with Gasteiger partial charge in [0.2, 0.25) is 5.91 Å². The quantitative estimate of drug-likeness (QED) is 0.793. The molecule has 1 aromatic rings. The van der Waals surface area contributed by atoms with Crippen LogP contribution in [0.15, 0.2) is 36.9 Å². The lowest BCUT2D eigenvalue weighted by atomic mass is 10.2. The second-order valence-corrected chi connectivity index (χ2v) is 4.39. The molecule has 20 heavy (non-hydrogen) atoms. The Morgan fingerprint density at radius 3 is 2.60 bits per heavy atom. The average Bonchev–Trinajstić information content (AvgIpc) is 2.46. The zero-order valence-electron chi connectivity index (χ0n) is 11.0. The molecule has 0 radical (unpaired) electrons. The Kier molecular flexibility index (Phi) is 4.55. The highest BCUT2D eigenvalue weighted by Gasteiger charge is 2.19. The molecule has 0 aromatic heterocycles. The zero-order valence-corrected chi connectivity index (χ0v) is 11.0. The van der Waals surface area contributed by atoms with E-state index in [0.29, 0.717) is 26.2 Å². The van der Waals surface area contributed by atoms with Crippen LogP contribution in [0.3, 0.4) is 0 Å². The number of piperazine rings is 1. The molecule has 108 valence electrons. The molecule has 1 heterocycles. The average molecular weight is 282 g/mol. The Bertz CT molecular complexity index is 486. The normalized spacial score (nSPS) is 15.3. The highest BCUT2D eigenvalue weighted by atomic mass is 19.3. The Morgan fingerprint density at radius 2 is 2.00 bits per heavy atom. The standard InChI is InChI=1S/C14H16F2N2O2/c1-2-13(19)18-8-6-17(7-9-18)11-4-3-5-12(10-11)20-14(15)16/h2-5,10,14H,1,6-9H2. The molecule has 1 aliphatic heterocycles. The summed E-state index contributed by atoms with van der Waals surface area (Å²) >= 11 is 0. The third-order valence-corrected chi connectivity index (χ3v) is 3.17. The van der Waals surface area contributed by atoms with Gasteiger partial charge in [0.05, 0.1) is 0 Å². The van der Waals surface area contributed by atoms with Gasteiger partial charge < -0.3 is 14.5 Å². The van der Waals surface area contributed by atoms with Gasteiger partial charge in [-0.25, -0.2) is 0 Å². The van der Waals surface area contributed by atoms with Crippen LogP contribution in [0.4, 0.5) is 14.5 Å². The Balaban J connectivity index is 1.99. The van der Waals surface area contributed by atoms with Gasteiger partial charge in [-0.15, -0.1) is 0 Å². The first kappa shape index (κ1) is 14.3. The number of benzene rings is 1. The minimum absolute atomic E-state index is 0.0839. The molecule has 0 atom stereocenters. The summed E-state index contributed by atoms with van der Waals surface area (Å²) in [7, 11) is 0. The van der Waals surface area contributed by atoms with Crippen LogP contribution in [-0.4, -0.2) is 43.6 Å². The molecule has 4 nitrogen and oxygen atoms in total. The smallest absolute Gasteiger partial charge is 0.387 e. The summed E-state index contributed by atoms with van der Waals surface area (Å²) in [6.45, 7) is 3.11. The van der Waals surface area contributed by atoms with Crippen molar-refractivity contribution in [3.8, 4) is 5.75 Å². The third kappa shape index (κ3) is 3.46. The minimum Gasteiger partial charge on any atom is -0.435 e. The van der Waals surface area contributed by atoms with Crippen LogP contribution < -0.4 is 9.64 Å². The molecule has 1 fully saturated rings. The number of ether oxygens (including phenoxy) is 1. The first-order chi connectivity index (χ1) is 9.60. The van der Waals surface area contributed by atoms with Crippen molar-refractivity contribution >= 4 is 11.6 Å². The van der Waals surface area contributed by atoms with Gasteiger partial charge in [-0.3, -0.25) is 4.79 Å². The van der Waals surface area contributed by atoms with Gasteiger partial charge in [-0.1, -0.05) is 12.6 Å². The summed E-state index contributed by atoms with van der Waals surface area (Å²) in [5.41, 5.74) is 0.814. The van der Waals surface area contributed by atoms with E-state index in [1.165, 1.54) is 12.1 Å². The third-order valence-electron chi connectivity index (χ3n) is 3.17. The number of anilines is 1. The number of carbonyl (C=O) groups excluding carboxylic acids is 1. The van der Waals surface area contributed by atoms with Gasteiger partial charge in [0.25, 0.3) is 0 Å². The van der Waals surface area contributed by atoms with Crippen LogP contribution in [0.1, 0.15) is 0 Å². The molecule has 1 aliphatic rings. The molecule has 2 rings (SSSR count). The number of nitrogens with zero attached hydrogens (tertiary/aromatic N) is 2. The van der Waals surface area contributed by atoms with Crippen LogP contribution in [-0.2, 0) is 4.79 Å². The van der Waals surface area contributed by atoms with E-state index in [2.05, 4.69) is 11.3 Å². The van der Waals surface area contributed by atoms with Crippen LogP contribution in [0.2, 0.25) is 0 Å². The molecule has 0 aliphatic carbocycles. The SMILES string of the molecule is C=CC(=O)N1CCN(c2cccc(OC(F)F)c2)CC1. The predicted octanol–water partition coefficient (Wildman–Crippen LogP) is 2.12. The van der Waals surface area contributed by atoms with Crippen LogP contribution in [0.25, 0.3) is 0 Å². The van der Waals surface area contributed by atoms with Crippen molar-refractivity contribution in [3.05, 3.63) is 36.9 Å². The number of amides is 1. The van der Waals surface area contributed by atoms with E-state index in [-0.39, 0.29) is 11.7 Å². The van der Waals surface area contributed by atoms with Gasteiger partial charge in [0, 0.05) is 37.9 Å². The predicted molar refractivity (Wildman–Crippen MR) is 72.1 cm³/mol. The molecule has 1 amide bonds. The maximum absolute atomic E-state index is 12.2. The largest absolute Gasteiger partial charge is 0.435 e. The topological polar surface area (TPSA) is 32.8 Å². The fourth-order valence-corrected chi connectivity index (χ4v) is 2.17. The van der Waals surface area contributed by atoms with Crippen LogP contribution in [0.5, 0.6) is 5.75 Å². The summed E-state index contributed by atoms with van der Waals surface area (Å²) in [6, 6.07) is 6.59. The molecule has 0 bridgehead atoms. The highest BCUT2D eigenvalue weighted by molar-refractivity contribution is 5.87. The number of halogens is 2. The van der Waals surface area contributed by atoms with Crippen molar-refractivity contribution in [1.82, 2.24) is 4.90 Å². The van der Waals surface area contributed by atoms with Crippen molar-refractivity contribution in [3.63, 3.8) is 0 Å². The Labute approximate surface area is 116 Å².